The zero-order valence-electron chi connectivity index (χ0n) is 12.8. The maximum absolute atomic E-state index is 6.02. The largest absolute Gasteiger partial charge is 0.316 e. The van der Waals surface area contributed by atoms with Gasteiger partial charge < -0.3 is 10.2 Å². The molecule has 1 aromatic rings. The molecule has 1 aliphatic carbocycles. The molecule has 0 amide bonds. The van der Waals surface area contributed by atoms with E-state index in [4.69, 9.17) is 11.6 Å². The maximum atomic E-state index is 6.02. The van der Waals surface area contributed by atoms with Crippen LogP contribution in [0.15, 0.2) is 12.1 Å². The van der Waals surface area contributed by atoms with E-state index in [1.165, 1.54) is 50.1 Å². The topological polar surface area (TPSA) is 15.3 Å². The van der Waals surface area contributed by atoms with Gasteiger partial charge in [0.1, 0.15) is 0 Å². The second kappa shape index (κ2) is 7.79. The molecule has 2 rings (SSSR count). The average molecular weight is 315 g/mol. The maximum Gasteiger partial charge on any atom is 0.0931 e. The number of thiophene rings is 1. The molecule has 1 N–H and O–H groups in total. The summed E-state index contributed by atoms with van der Waals surface area (Å²) in [5, 5.41) is 3.59. The minimum Gasteiger partial charge on any atom is -0.316 e. The average Bonchev–Trinajstić information content (AvgIpc) is 2.82. The third-order valence-corrected chi connectivity index (χ3v) is 5.54. The van der Waals surface area contributed by atoms with Crippen LogP contribution >= 0.6 is 22.9 Å². The molecule has 2 nitrogen and oxygen atoms in total. The van der Waals surface area contributed by atoms with Crippen molar-refractivity contribution < 1.29 is 0 Å². The highest BCUT2D eigenvalue weighted by atomic mass is 35.5. The highest BCUT2D eigenvalue weighted by Gasteiger charge is 2.32. The molecular weight excluding hydrogens is 288 g/mol. The van der Waals surface area contributed by atoms with Crippen molar-refractivity contribution in [2.45, 2.75) is 45.6 Å². The number of halogens is 1. The van der Waals surface area contributed by atoms with Crippen molar-refractivity contribution in [3.8, 4) is 0 Å². The molecule has 0 aliphatic heterocycles. The molecule has 0 radical (unpaired) electrons. The SMILES string of the molecule is CCNCC1(CN(C)Cc2ccc(Cl)s2)CCCCC1. The van der Waals surface area contributed by atoms with E-state index in [2.05, 4.69) is 30.3 Å². The second-order valence-corrected chi connectivity index (χ2v) is 8.02. The fraction of sp³-hybridized carbons (Fsp3) is 0.750. The van der Waals surface area contributed by atoms with Gasteiger partial charge in [-0.15, -0.1) is 11.3 Å². The molecule has 1 aliphatic rings. The Morgan fingerprint density at radius 1 is 1.30 bits per heavy atom. The van der Waals surface area contributed by atoms with Crippen molar-refractivity contribution >= 4 is 22.9 Å². The van der Waals surface area contributed by atoms with Crippen molar-refractivity contribution in [2.24, 2.45) is 5.41 Å². The lowest BCUT2D eigenvalue weighted by Gasteiger charge is -2.40. The van der Waals surface area contributed by atoms with Gasteiger partial charge >= 0.3 is 0 Å². The molecule has 0 unspecified atom stereocenters. The van der Waals surface area contributed by atoms with Crippen LogP contribution in [0.3, 0.4) is 0 Å². The monoisotopic (exact) mass is 314 g/mol. The van der Waals surface area contributed by atoms with E-state index in [9.17, 15) is 0 Å². The molecule has 0 bridgehead atoms. The summed E-state index contributed by atoms with van der Waals surface area (Å²) < 4.78 is 0.897. The van der Waals surface area contributed by atoms with Crippen LogP contribution in [0.5, 0.6) is 0 Å². The number of nitrogens with one attached hydrogen (secondary N) is 1. The third kappa shape index (κ3) is 4.73. The van der Waals surface area contributed by atoms with E-state index in [1.807, 2.05) is 6.07 Å². The van der Waals surface area contributed by atoms with Crippen molar-refractivity contribution in [1.29, 1.82) is 0 Å². The van der Waals surface area contributed by atoms with Gasteiger partial charge in [0.15, 0.2) is 0 Å². The Morgan fingerprint density at radius 2 is 2.05 bits per heavy atom. The lowest BCUT2D eigenvalue weighted by atomic mass is 9.73. The first-order chi connectivity index (χ1) is 9.63. The second-order valence-electron chi connectivity index (χ2n) is 6.22. The predicted molar refractivity (Wildman–Crippen MR) is 89.7 cm³/mol. The highest BCUT2D eigenvalue weighted by molar-refractivity contribution is 7.16. The minimum absolute atomic E-state index is 0.476. The van der Waals surface area contributed by atoms with Gasteiger partial charge in [-0.25, -0.2) is 0 Å². The van der Waals surface area contributed by atoms with Crippen molar-refractivity contribution in [1.82, 2.24) is 10.2 Å². The van der Waals surface area contributed by atoms with Gasteiger partial charge in [0.25, 0.3) is 0 Å². The summed E-state index contributed by atoms with van der Waals surface area (Å²) in [6, 6.07) is 4.16. The molecule has 1 heterocycles. The van der Waals surface area contributed by atoms with Crippen LogP contribution in [-0.2, 0) is 6.54 Å². The lowest BCUT2D eigenvalue weighted by Crippen LogP contribution is -2.44. The number of rotatable bonds is 7. The first-order valence-corrected chi connectivity index (χ1v) is 8.96. The van der Waals surface area contributed by atoms with E-state index >= 15 is 0 Å². The quantitative estimate of drug-likeness (QED) is 0.802. The fourth-order valence-corrected chi connectivity index (χ4v) is 4.58. The summed E-state index contributed by atoms with van der Waals surface area (Å²) in [6.45, 7) is 6.65. The third-order valence-electron chi connectivity index (χ3n) is 4.32. The summed E-state index contributed by atoms with van der Waals surface area (Å²) in [7, 11) is 2.25. The predicted octanol–water partition coefficient (Wildman–Crippen LogP) is 4.39. The fourth-order valence-electron chi connectivity index (χ4n) is 3.41. The Morgan fingerprint density at radius 3 is 2.65 bits per heavy atom. The summed E-state index contributed by atoms with van der Waals surface area (Å²) in [6.07, 6.45) is 6.94. The smallest absolute Gasteiger partial charge is 0.0931 e. The number of hydrogen-bond acceptors (Lipinski definition) is 3. The van der Waals surface area contributed by atoms with Gasteiger partial charge in [-0.1, -0.05) is 37.8 Å². The lowest BCUT2D eigenvalue weighted by molar-refractivity contribution is 0.115. The zero-order valence-corrected chi connectivity index (χ0v) is 14.3. The van der Waals surface area contributed by atoms with Crippen LogP contribution < -0.4 is 5.32 Å². The molecule has 0 aromatic carbocycles. The van der Waals surface area contributed by atoms with Gasteiger partial charge in [-0.2, -0.15) is 0 Å². The molecule has 0 spiro atoms. The van der Waals surface area contributed by atoms with Crippen LogP contribution in [-0.4, -0.2) is 31.6 Å². The van der Waals surface area contributed by atoms with Gasteiger partial charge in [0, 0.05) is 24.5 Å². The van der Waals surface area contributed by atoms with Crippen LogP contribution in [0.4, 0.5) is 0 Å². The minimum atomic E-state index is 0.476. The molecule has 114 valence electrons. The molecule has 4 heteroatoms. The van der Waals surface area contributed by atoms with Gasteiger partial charge in [-0.3, -0.25) is 0 Å². The van der Waals surface area contributed by atoms with Gasteiger partial charge in [0.2, 0.25) is 0 Å². The summed E-state index contributed by atoms with van der Waals surface area (Å²) in [4.78, 5) is 3.84. The normalized spacial score (nSPS) is 18.6. The first-order valence-electron chi connectivity index (χ1n) is 7.77. The van der Waals surface area contributed by atoms with Crippen molar-refractivity contribution in [3.63, 3.8) is 0 Å². The van der Waals surface area contributed by atoms with Crippen LogP contribution in [0.1, 0.15) is 43.9 Å². The molecule has 1 saturated carbocycles. The van der Waals surface area contributed by atoms with Crippen molar-refractivity contribution in [3.05, 3.63) is 21.3 Å². The molecular formula is C16H27ClN2S. The van der Waals surface area contributed by atoms with Crippen LogP contribution in [0.25, 0.3) is 0 Å². The zero-order chi connectivity index (χ0) is 14.4. The number of nitrogens with zero attached hydrogens (tertiary/aromatic N) is 1. The van der Waals surface area contributed by atoms with Crippen LogP contribution in [0.2, 0.25) is 4.34 Å². The Bertz CT molecular complexity index is 399. The van der Waals surface area contributed by atoms with Crippen LogP contribution in [0, 0.1) is 5.41 Å². The summed E-state index contributed by atoms with van der Waals surface area (Å²) in [5.41, 5.74) is 0.476. The van der Waals surface area contributed by atoms with E-state index in [1.54, 1.807) is 11.3 Å². The Labute approximate surface area is 132 Å². The standard InChI is InChI=1S/C16H27ClN2S/c1-3-18-12-16(9-5-4-6-10-16)13-19(2)11-14-7-8-15(17)20-14/h7-8,18H,3-6,9-13H2,1-2H3. The van der Waals surface area contributed by atoms with E-state index in [0.29, 0.717) is 5.41 Å². The Balaban J connectivity index is 1.92. The molecule has 0 saturated heterocycles. The van der Waals surface area contributed by atoms with Gasteiger partial charge in [0.05, 0.1) is 4.34 Å². The van der Waals surface area contributed by atoms with E-state index in [-0.39, 0.29) is 0 Å². The van der Waals surface area contributed by atoms with Crippen molar-refractivity contribution in [2.75, 3.05) is 26.7 Å². The van der Waals surface area contributed by atoms with Gasteiger partial charge in [-0.05, 0) is 44.0 Å². The number of hydrogen-bond donors (Lipinski definition) is 1. The molecule has 1 fully saturated rings. The Hall–Kier alpha value is -0.0900. The first kappa shape index (κ1) is 16.3. The Kier molecular flexibility index (Phi) is 6.34. The summed E-state index contributed by atoms with van der Waals surface area (Å²) >= 11 is 7.72. The highest BCUT2D eigenvalue weighted by Crippen LogP contribution is 2.37. The van der Waals surface area contributed by atoms with E-state index in [0.717, 1.165) is 17.4 Å². The summed E-state index contributed by atoms with van der Waals surface area (Å²) in [5.74, 6) is 0. The van der Waals surface area contributed by atoms with E-state index < -0.39 is 0 Å². The molecule has 1 aromatic heterocycles. The molecule has 20 heavy (non-hydrogen) atoms. The molecule has 0 atom stereocenters.